The molecular formula is C25H51N13O8. The molecule has 0 saturated carbocycles. The van der Waals surface area contributed by atoms with Gasteiger partial charge in [-0.05, 0) is 45.4 Å². The molecule has 15 N–H and O–H groups in total. The molecule has 21 nitrogen and oxygen atoms in total. The smallest absolute Gasteiger partial charge is 0.312 e. The number of ether oxygens (including phenoxy) is 1. The van der Waals surface area contributed by atoms with Crippen molar-refractivity contribution in [1.29, 1.82) is 5.26 Å². The van der Waals surface area contributed by atoms with Crippen LogP contribution in [0.3, 0.4) is 0 Å². The van der Waals surface area contributed by atoms with Gasteiger partial charge in [0, 0.05) is 52.6 Å². The number of aromatic nitrogens is 4. The van der Waals surface area contributed by atoms with Crippen molar-refractivity contribution >= 4 is 35.6 Å². The van der Waals surface area contributed by atoms with Crippen LogP contribution in [-0.4, -0.2) is 63.3 Å². The van der Waals surface area contributed by atoms with Crippen molar-refractivity contribution in [3.8, 4) is 6.07 Å². The summed E-state index contributed by atoms with van der Waals surface area (Å²) in [7, 11) is 2.37. The first-order chi connectivity index (χ1) is 22.0. The van der Waals surface area contributed by atoms with Crippen molar-refractivity contribution in [2.45, 2.75) is 90.9 Å². The van der Waals surface area contributed by atoms with Gasteiger partial charge in [0.25, 0.3) is 0 Å². The first-order valence-electron chi connectivity index (χ1n) is 13.8. The molecule has 2 aromatic heterocycles. The Morgan fingerprint density at radius 3 is 1.39 bits per heavy atom. The molecule has 0 spiro atoms. The number of esters is 1. The van der Waals surface area contributed by atoms with Gasteiger partial charge in [0.2, 0.25) is 23.6 Å². The Labute approximate surface area is 268 Å². The van der Waals surface area contributed by atoms with Crippen LogP contribution in [0.2, 0.25) is 0 Å². The monoisotopic (exact) mass is 661 g/mol. The number of ketones is 1. The number of methoxy groups -OCH3 is 1. The number of carbonyl (C=O) groups is 4. The van der Waals surface area contributed by atoms with E-state index in [9.17, 15) is 19.2 Å². The Morgan fingerprint density at radius 1 is 0.761 bits per heavy atom. The van der Waals surface area contributed by atoms with E-state index in [1.54, 1.807) is 13.0 Å². The number of nitrogens with zero attached hydrogens (tertiary/aromatic N) is 5. The zero-order chi connectivity index (χ0) is 36.2. The van der Waals surface area contributed by atoms with Gasteiger partial charge >= 0.3 is 18.0 Å². The molecule has 0 unspecified atom stereocenters. The average molecular weight is 662 g/mol. The second-order valence-corrected chi connectivity index (χ2v) is 8.33. The van der Waals surface area contributed by atoms with Gasteiger partial charge in [-0.25, -0.2) is 11.7 Å². The van der Waals surface area contributed by atoms with Crippen LogP contribution in [0, 0.1) is 11.3 Å². The molecule has 0 aromatic carbocycles. The minimum absolute atomic E-state index is 0.0969. The fourth-order valence-electron chi connectivity index (χ4n) is 2.75. The zero-order valence-electron chi connectivity index (χ0n) is 27.0. The highest BCUT2D eigenvalue weighted by Gasteiger charge is 2.05. The lowest BCUT2D eigenvalue weighted by molar-refractivity contribution is -0.140. The molecule has 0 aliphatic carbocycles. The summed E-state index contributed by atoms with van der Waals surface area (Å²) in [5, 5.41) is 28.9. The van der Waals surface area contributed by atoms with E-state index in [1.807, 2.05) is 10.9 Å². The van der Waals surface area contributed by atoms with E-state index in [0.717, 1.165) is 32.8 Å². The van der Waals surface area contributed by atoms with Gasteiger partial charge < -0.3 is 34.9 Å². The Kier molecular flexibility index (Phi) is 38.2. The predicted octanol–water partition coefficient (Wildman–Crippen LogP) is -1.03. The van der Waals surface area contributed by atoms with E-state index in [2.05, 4.69) is 36.8 Å². The molecule has 0 saturated heterocycles. The molecule has 46 heavy (non-hydrogen) atoms. The number of unbranched alkanes of at least 4 members (excludes halogenated alkanes) is 3. The largest absolute Gasteiger partial charge is 0.469 e. The number of nitriles is 1. The Balaban J connectivity index is -0.000000266. The Hall–Kier alpha value is -4.75. The maximum absolute atomic E-state index is 10.6. The molecular weight excluding hydrogens is 610 g/mol. The molecule has 264 valence electrons. The lowest BCUT2D eigenvalue weighted by Gasteiger charge is -1.99. The normalized spacial score (nSPS) is 8.78. The average Bonchev–Trinajstić information content (AvgIpc) is 3.68. The summed E-state index contributed by atoms with van der Waals surface area (Å²) in [6, 6.07) is 1.94. The third-order valence-electron chi connectivity index (χ3n) is 4.76. The van der Waals surface area contributed by atoms with E-state index >= 15 is 0 Å². The predicted molar refractivity (Wildman–Crippen MR) is 166 cm³/mol. The molecule has 0 bridgehead atoms. The SMILES string of the molecule is CC#N.CO.COC(=O)CCCCC(C)=O.NN.NNC(=O)CCCCC(=O)NN.Nc1nnc(CCCCc2nnc(N)o2)o1. The highest BCUT2D eigenvalue weighted by atomic mass is 16.5. The van der Waals surface area contributed by atoms with Crippen molar-refractivity contribution in [2.75, 3.05) is 25.7 Å². The summed E-state index contributed by atoms with van der Waals surface area (Å²) < 4.78 is 14.5. The van der Waals surface area contributed by atoms with Gasteiger partial charge in [0.15, 0.2) is 0 Å². The van der Waals surface area contributed by atoms with Gasteiger partial charge in [-0.1, -0.05) is 10.2 Å². The van der Waals surface area contributed by atoms with Crippen LogP contribution in [0.1, 0.15) is 89.8 Å². The van der Waals surface area contributed by atoms with Gasteiger partial charge in [-0.3, -0.25) is 36.9 Å². The number of anilines is 2. The summed E-state index contributed by atoms with van der Waals surface area (Å²) in [4.78, 5) is 42.1. The fourth-order valence-corrected chi connectivity index (χ4v) is 2.75. The maximum Gasteiger partial charge on any atom is 0.312 e. The van der Waals surface area contributed by atoms with E-state index in [-0.39, 0.29) is 35.6 Å². The van der Waals surface area contributed by atoms with E-state index < -0.39 is 0 Å². The minimum atomic E-state index is -0.219. The van der Waals surface area contributed by atoms with Gasteiger partial charge in [0.05, 0.1) is 13.2 Å². The van der Waals surface area contributed by atoms with Crippen molar-refractivity contribution in [3.63, 3.8) is 0 Å². The highest BCUT2D eigenvalue weighted by molar-refractivity contribution is 5.76. The Morgan fingerprint density at radius 2 is 1.11 bits per heavy atom. The standard InChI is InChI=1S/C8H12N6O2.C8H14O3.C6H14N4O2.C2H3N.CH4O.H4N2/c9-7-13-11-5(15-7)3-1-2-4-6-12-14-8(10)16-6;1-7(9)5-3-4-6-8(10)11-2;7-9-5(11)3-1-2-4-6(12)10-8;1-2-3;2*1-2/h1-4H2,(H2,9,13)(H2,10,14);3-6H2,1-2H3;1-4,7-8H2,(H,9,11)(H,10,12);1H3;2H,1H3;1-2H2. The summed E-state index contributed by atoms with van der Waals surface area (Å²) in [6.45, 7) is 2.98. The molecule has 2 amide bonds. The van der Waals surface area contributed by atoms with E-state index in [1.165, 1.54) is 14.0 Å². The van der Waals surface area contributed by atoms with Crippen LogP contribution in [0.5, 0.6) is 0 Å². The second kappa shape index (κ2) is 36.4. The van der Waals surface area contributed by atoms with Crippen LogP contribution in [0.15, 0.2) is 8.83 Å². The highest BCUT2D eigenvalue weighted by Crippen LogP contribution is 2.09. The first-order valence-corrected chi connectivity index (χ1v) is 13.8. The second-order valence-electron chi connectivity index (χ2n) is 8.33. The fraction of sp³-hybridized carbons (Fsp3) is 0.640. The van der Waals surface area contributed by atoms with Crippen LogP contribution in [0.4, 0.5) is 12.0 Å². The molecule has 2 heterocycles. The number of amides is 2. The number of carbonyl (C=O) groups excluding carboxylic acids is 4. The van der Waals surface area contributed by atoms with Gasteiger partial charge in [0.1, 0.15) is 5.78 Å². The number of nitrogens with one attached hydrogen (secondary N) is 2. The quantitative estimate of drug-likeness (QED) is 0.0362. The third kappa shape index (κ3) is 35.4. The summed E-state index contributed by atoms with van der Waals surface area (Å²) in [5.41, 5.74) is 14.6. The zero-order valence-corrected chi connectivity index (χ0v) is 27.0. The summed E-state index contributed by atoms with van der Waals surface area (Å²) in [6.07, 6.45) is 7.60. The van der Waals surface area contributed by atoms with Crippen LogP contribution in [0.25, 0.3) is 0 Å². The van der Waals surface area contributed by atoms with Crippen molar-refractivity contribution in [3.05, 3.63) is 11.8 Å². The summed E-state index contributed by atoms with van der Waals surface area (Å²) in [5.74, 6) is 18.3. The van der Waals surface area contributed by atoms with Gasteiger partial charge in [-0.2, -0.15) is 5.26 Å². The molecule has 21 heteroatoms. The molecule has 0 atom stereocenters. The number of rotatable bonds is 15. The number of aliphatic hydroxyl groups is 1. The van der Waals surface area contributed by atoms with Gasteiger partial charge in [-0.15, -0.1) is 10.2 Å². The third-order valence-corrected chi connectivity index (χ3v) is 4.76. The number of aryl methyl sites for hydroxylation is 2. The van der Waals surface area contributed by atoms with Crippen LogP contribution < -0.4 is 45.7 Å². The maximum atomic E-state index is 10.6. The van der Waals surface area contributed by atoms with E-state index in [0.29, 0.717) is 63.1 Å². The number of nitrogen functional groups attached to an aromatic ring is 2. The van der Waals surface area contributed by atoms with Crippen LogP contribution >= 0.6 is 0 Å². The van der Waals surface area contributed by atoms with Crippen molar-refractivity contribution in [2.24, 2.45) is 23.4 Å². The minimum Gasteiger partial charge on any atom is -0.469 e. The number of Topliss-reactive ketones (excluding diaryl/α,β-unsaturated/α-hetero) is 1. The molecule has 0 fully saturated rings. The molecule has 0 radical (unpaired) electrons. The van der Waals surface area contributed by atoms with Crippen LogP contribution in [-0.2, 0) is 36.8 Å². The topological polar surface area (TPSA) is 380 Å². The van der Waals surface area contributed by atoms with Crippen molar-refractivity contribution < 1.29 is 37.9 Å². The number of aliphatic hydroxyl groups excluding tert-OH is 1. The molecule has 0 aliphatic rings. The number of hydrogen-bond donors (Lipinski definition) is 9. The molecule has 0 aliphatic heterocycles. The summed E-state index contributed by atoms with van der Waals surface area (Å²) >= 11 is 0. The first kappa shape index (κ1) is 48.2. The molecule has 2 rings (SSSR count). The number of nitrogens with two attached hydrogens (primary N) is 6. The van der Waals surface area contributed by atoms with Crippen molar-refractivity contribution in [1.82, 2.24) is 31.2 Å². The number of hydrogen-bond acceptors (Lipinski definition) is 19. The lowest BCUT2D eigenvalue weighted by Crippen LogP contribution is -2.30. The molecule has 2 aromatic rings. The Bertz CT molecular complexity index is 1010. The number of hydrazine groups is 3. The lowest BCUT2D eigenvalue weighted by atomic mass is 10.1. The van der Waals surface area contributed by atoms with E-state index in [4.69, 9.17) is 42.4 Å².